The molecule has 0 aromatic rings. The Labute approximate surface area is 98.7 Å². The first-order chi connectivity index (χ1) is 8.52. The molecule has 1 aliphatic carbocycles. The van der Waals surface area contributed by atoms with E-state index in [2.05, 4.69) is 20.5 Å². The first-order valence-electron chi connectivity index (χ1n) is 4.26. The predicted molar refractivity (Wildman–Crippen MR) is 57.2 cm³/mol. The van der Waals surface area contributed by atoms with Crippen LogP contribution in [0.5, 0.6) is 0 Å². The number of carbonyl (C=O) groups is 2. The Morgan fingerprint density at radius 3 is 2.39 bits per heavy atom. The molecule has 90 valence electrons. The van der Waals surface area contributed by atoms with Crippen molar-refractivity contribution in [1.82, 2.24) is 0 Å². The fourth-order valence-corrected chi connectivity index (χ4v) is 1.25. The van der Waals surface area contributed by atoms with Gasteiger partial charge in [-0.1, -0.05) is 6.08 Å². The van der Waals surface area contributed by atoms with Gasteiger partial charge in [-0.2, -0.15) is 0 Å². The maximum atomic E-state index is 11.0. The van der Waals surface area contributed by atoms with Gasteiger partial charge in [0.15, 0.2) is 10.8 Å². The Morgan fingerprint density at radius 1 is 1.28 bits per heavy atom. The molecule has 0 aromatic heterocycles. The van der Waals surface area contributed by atoms with Crippen LogP contribution >= 0.6 is 0 Å². The molecule has 0 aliphatic heterocycles. The number of carboxylic acids is 2. The van der Waals surface area contributed by atoms with Gasteiger partial charge in [0.25, 0.3) is 5.39 Å². The van der Waals surface area contributed by atoms with E-state index in [-0.39, 0.29) is 5.71 Å². The normalized spacial score (nSPS) is 18.8. The van der Waals surface area contributed by atoms with Gasteiger partial charge >= 0.3 is 17.0 Å². The minimum atomic E-state index is -1.61. The number of hydrogen-bond acceptors (Lipinski definition) is 5. The summed E-state index contributed by atoms with van der Waals surface area (Å²) in [6.07, 6.45) is 2.01. The Bertz CT molecular complexity index is 591. The van der Waals surface area contributed by atoms with E-state index >= 15 is 0 Å². The van der Waals surface area contributed by atoms with Crippen molar-refractivity contribution in [3.63, 3.8) is 0 Å². The summed E-state index contributed by atoms with van der Waals surface area (Å²) in [5.41, 5.74) is 6.18. The molecule has 10 heteroatoms. The van der Waals surface area contributed by atoms with E-state index < -0.39 is 28.8 Å². The first kappa shape index (κ1) is 12.8. The molecule has 18 heavy (non-hydrogen) atoms. The van der Waals surface area contributed by atoms with Crippen LogP contribution in [0.25, 0.3) is 10.6 Å². The SMILES string of the molecule is N#[N+]N=C1C(=NN=[N-])C=CC(C(=O)O)=C1C(=O)O. The van der Waals surface area contributed by atoms with Crippen LogP contribution in [0.15, 0.2) is 38.7 Å². The second-order valence-corrected chi connectivity index (χ2v) is 2.85. The van der Waals surface area contributed by atoms with Gasteiger partial charge < -0.3 is 20.8 Å². The third kappa shape index (κ3) is 2.30. The molecule has 0 heterocycles. The van der Waals surface area contributed by atoms with E-state index in [1.165, 1.54) is 0 Å². The topological polar surface area (TPSA) is 162 Å². The van der Waals surface area contributed by atoms with Crippen molar-refractivity contribution < 1.29 is 19.8 Å². The number of hydrogen-bond donors (Lipinski definition) is 2. The number of carboxylic acid groups (broad SMARTS) is 2. The summed E-state index contributed by atoms with van der Waals surface area (Å²) >= 11 is 0. The molecule has 0 fully saturated rings. The molecule has 0 unspecified atom stereocenters. The minimum Gasteiger partial charge on any atom is -0.478 e. The molecule has 0 saturated heterocycles. The van der Waals surface area contributed by atoms with E-state index in [9.17, 15) is 9.59 Å². The number of rotatable bonds is 3. The number of diazo groups is 1. The van der Waals surface area contributed by atoms with Gasteiger partial charge in [0.05, 0.1) is 5.57 Å². The molecule has 1 rings (SSSR count). The maximum Gasteiger partial charge on any atom is 0.339 e. The lowest BCUT2D eigenvalue weighted by molar-refractivity contribution is -0.135. The zero-order chi connectivity index (χ0) is 13.7. The molecule has 0 spiro atoms. The summed E-state index contributed by atoms with van der Waals surface area (Å²) in [4.78, 5) is 21.8. The van der Waals surface area contributed by atoms with Crippen LogP contribution in [-0.2, 0) is 9.59 Å². The van der Waals surface area contributed by atoms with Crippen LogP contribution in [0.3, 0.4) is 0 Å². The highest BCUT2D eigenvalue weighted by atomic mass is 16.4. The molecule has 0 amide bonds. The highest BCUT2D eigenvalue weighted by Gasteiger charge is 2.30. The summed E-state index contributed by atoms with van der Waals surface area (Å²) in [5, 5.41) is 37.1. The number of aliphatic carboxylic acids is 2. The lowest BCUT2D eigenvalue weighted by Crippen LogP contribution is -2.26. The molecule has 1 aliphatic rings. The van der Waals surface area contributed by atoms with Crippen molar-refractivity contribution in [3.05, 3.63) is 33.9 Å². The smallest absolute Gasteiger partial charge is 0.339 e. The molecular formula is C8H4N6O4. The van der Waals surface area contributed by atoms with E-state index in [0.717, 1.165) is 12.2 Å². The average Bonchev–Trinajstić information content (AvgIpc) is 2.30. The van der Waals surface area contributed by atoms with Crippen molar-refractivity contribution >= 4 is 23.4 Å². The highest BCUT2D eigenvalue weighted by Crippen LogP contribution is 2.17. The molecule has 0 aromatic carbocycles. The summed E-state index contributed by atoms with van der Waals surface area (Å²) < 4.78 is 0. The van der Waals surface area contributed by atoms with Gasteiger partial charge in [-0.05, 0) is 6.08 Å². The number of allylic oxidation sites excluding steroid dienone is 1. The van der Waals surface area contributed by atoms with Gasteiger partial charge in [-0.15, -0.1) is 0 Å². The molecule has 0 saturated carbocycles. The largest absolute Gasteiger partial charge is 0.478 e. The van der Waals surface area contributed by atoms with Gasteiger partial charge in [0.1, 0.15) is 5.57 Å². The second kappa shape index (κ2) is 5.21. The number of nitrogens with zero attached hydrogens (tertiary/aromatic N) is 6. The van der Waals surface area contributed by atoms with Crippen LogP contribution in [0, 0.1) is 5.39 Å². The summed E-state index contributed by atoms with van der Waals surface area (Å²) in [7, 11) is 0. The zero-order valence-electron chi connectivity index (χ0n) is 8.55. The van der Waals surface area contributed by atoms with Crippen molar-refractivity contribution in [2.75, 3.05) is 0 Å². The van der Waals surface area contributed by atoms with Crippen LogP contribution in [0.2, 0.25) is 0 Å². The second-order valence-electron chi connectivity index (χ2n) is 2.85. The first-order valence-corrected chi connectivity index (χ1v) is 4.26. The molecule has 0 bridgehead atoms. The maximum absolute atomic E-state index is 11.0. The van der Waals surface area contributed by atoms with Crippen LogP contribution in [-0.4, -0.2) is 33.6 Å². The van der Waals surface area contributed by atoms with Crippen LogP contribution in [0.4, 0.5) is 0 Å². The highest BCUT2D eigenvalue weighted by molar-refractivity contribution is 6.58. The summed E-state index contributed by atoms with van der Waals surface area (Å²) in [6.45, 7) is 0. The zero-order valence-corrected chi connectivity index (χ0v) is 8.55. The van der Waals surface area contributed by atoms with Gasteiger partial charge in [0, 0.05) is 5.71 Å². The molecule has 0 radical (unpaired) electrons. The Balaban J connectivity index is 3.59. The molecule has 0 atom stereocenters. The van der Waals surface area contributed by atoms with Crippen LogP contribution in [0.1, 0.15) is 0 Å². The molecular weight excluding hydrogens is 244 g/mol. The van der Waals surface area contributed by atoms with E-state index in [1.807, 2.05) is 0 Å². The van der Waals surface area contributed by atoms with Crippen molar-refractivity contribution in [3.8, 4) is 0 Å². The quantitative estimate of drug-likeness (QED) is 0.323. The predicted octanol–water partition coefficient (Wildman–Crippen LogP) is 0.609. The lowest BCUT2D eigenvalue weighted by Gasteiger charge is -2.12. The van der Waals surface area contributed by atoms with Gasteiger partial charge in [-0.25, -0.2) is 9.59 Å². The average molecular weight is 248 g/mol. The molecule has 2 N–H and O–H groups in total. The third-order valence-electron chi connectivity index (χ3n) is 1.90. The Kier molecular flexibility index (Phi) is 3.72. The summed E-state index contributed by atoms with van der Waals surface area (Å²) in [5.74, 6) is -3.11. The Morgan fingerprint density at radius 2 is 1.94 bits per heavy atom. The monoisotopic (exact) mass is 248 g/mol. The molecule has 10 nitrogen and oxygen atoms in total. The van der Waals surface area contributed by atoms with Crippen LogP contribution < -0.4 is 0 Å². The fourth-order valence-electron chi connectivity index (χ4n) is 1.25. The van der Waals surface area contributed by atoms with E-state index in [1.54, 1.807) is 0 Å². The third-order valence-corrected chi connectivity index (χ3v) is 1.90. The van der Waals surface area contributed by atoms with Crippen molar-refractivity contribution in [2.24, 2.45) is 15.4 Å². The van der Waals surface area contributed by atoms with Gasteiger partial charge in [-0.3, -0.25) is 5.22 Å². The Hall–Kier alpha value is -3.22. The summed E-state index contributed by atoms with van der Waals surface area (Å²) in [6, 6.07) is 0. The van der Waals surface area contributed by atoms with E-state index in [0.29, 0.717) is 0 Å². The minimum absolute atomic E-state index is 0.266. The lowest BCUT2D eigenvalue weighted by atomic mass is 9.94. The van der Waals surface area contributed by atoms with Crippen molar-refractivity contribution in [2.45, 2.75) is 0 Å². The van der Waals surface area contributed by atoms with Gasteiger partial charge in [0.2, 0.25) is 0 Å². The van der Waals surface area contributed by atoms with E-state index in [4.69, 9.17) is 21.1 Å². The standard InChI is InChI=1S/C8H4N6O4/c9-13-11-4-2-1-3(7(15)16)5(8(17)18)6(4)12-14-10/h1-2H,(H,15,16)(H,17,18). The van der Waals surface area contributed by atoms with Crippen molar-refractivity contribution in [1.29, 1.82) is 5.39 Å². The fraction of sp³-hybridized carbons (Fsp3) is 0.